The molecule has 1 aliphatic heterocycles. The highest BCUT2D eigenvalue weighted by atomic mass is 16.6. The molecule has 1 saturated heterocycles. The van der Waals surface area contributed by atoms with Gasteiger partial charge in [0.05, 0.1) is 0 Å². The first-order chi connectivity index (χ1) is 12.7. The van der Waals surface area contributed by atoms with Crippen LogP contribution in [0.4, 0.5) is 10.6 Å². The summed E-state index contributed by atoms with van der Waals surface area (Å²) < 4.78 is 6.94. The molecule has 10 nitrogen and oxygen atoms in total. The Kier molecular flexibility index (Phi) is 4.90. The number of ether oxygens (including phenoxy) is 1. The summed E-state index contributed by atoms with van der Waals surface area (Å²) in [5, 5.41) is 12.6. The topological polar surface area (TPSA) is 122 Å². The molecule has 1 amide bonds. The Labute approximate surface area is 156 Å². The highest BCUT2D eigenvalue weighted by Crippen LogP contribution is 2.23. The van der Waals surface area contributed by atoms with Crippen LogP contribution in [0.25, 0.3) is 11.2 Å². The van der Waals surface area contributed by atoms with E-state index < -0.39 is 11.6 Å². The van der Waals surface area contributed by atoms with Gasteiger partial charge in [-0.3, -0.25) is 0 Å². The summed E-state index contributed by atoms with van der Waals surface area (Å²) in [6, 6.07) is -0.0318. The largest absolute Gasteiger partial charge is 0.475 e. The van der Waals surface area contributed by atoms with Gasteiger partial charge in [-0.1, -0.05) is 0 Å². The summed E-state index contributed by atoms with van der Waals surface area (Å²) in [5.41, 5.74) is 0.337. The maximum absolute atomic E-state index is 12.2. The average molecular weight is 376 g/mol. The smallest absolute Gasteiger partial charge is 0.410 e. The molecular weight excluding hydrogens is 352 g/mol. The van der Waals surface area contributed by atoms with Crippen molar-refractivity contribution in [3.8, 4) is 0 Å². The molecule has 0 aliphatic carbocycles. The van der Waals surface area contributed by atoms with Gasteiger partial charge in [-0.05, 0) is 34.1 Å². The normalized spacial score (nSPS) is 17.3. The molecular formula is C17H24N6O4. The van der Waals surface area contributed by atoms with Crippen LogP contribution < -0.4 is 5.32 Å². The maximum atomic E-state index is 12.2. The van der Waals surface area contributed by atoms with Gasteiger partial charge in [0.1, 0.15) is 11.9 Å². The zero-order valence-electron chi connectivity index (χ0n) is 15.9. The van der Waals surface area contributed by atoms with Gasteiger partial charge in [0.25, 0.3) is 0 Å². The molecule has 2 N–H and O–H groups in total. The molecule has 3 heterocycles. The average Bonchev–Trinajstić information content (AvgIpc) is 3.18. The highest BCUT2D eigenvalue weighted by Gasteiger charge is 2.30. The first-order valence-corrected chi connectivity index (χ1v) is 8.88. The quantitative estimate of drug-likeness (QED) is 0.830. The number of nitrogens with zero attached hydrogens (tertiary/aromatic N) is 5. The highest BCUT2D eigenvalue weighted by molar-refractivity contribution is 5.92. The second-order valence-electron chi connectivity index (χ2n) is 7.44. The van der Waals surface area contributed by atoms with E-state index in [1.807, 2.05) is 27.7 Å². The SMILES string of the molecule is CCn1c(C(=O)O)nc2c(NC3CCN(C(=O)OC(C)(C)C)C3)ncnc21. The number of nitrogens with one attached hydrogen (secondary N) is 1. The fourth-order valence-corrected chi connectivity index (χ4v) is 3.07. The van der Waals surface area contributed by atoms with Gasteiger partial charge in [-0.25, -0.2) is 24.5 Å². The monoisotopic (exact) mass is 376 g/mol. The van der Waals surface area contributed by atoms with E-state index in [2.05, 4.69) is 20.3 Å². The summed E-state index contributed by atoms with van der Waals surface area (Å²) in [4.78, 5) is 37.9. The van der Waals surface area contributed by atoms with Crippen LogP contribution in [0.5, 0.6) is 0 Å². The van der Waals surface area contributed by atoms with Crippen molar-refractivity contribution in [1.29, 1.82) is 0 Å². The number of rotatable bonds is 4. The molecule has 0 bridgehead atoms. The van der Waals surface area contributed by atoms with E-state index in [1.54, 1.807) is 4.90 Å². The Morgan fingerprint density at radius 1 is 1.37 bits per heavy atom. The third-order valence-electron chi connectivity index (χ3n) is 4.22. The van der Waals surface area contributed by atoms with E-state index in [0.29, 0.717) is 36.6 Å². The van der Waals surface area contributed by atoms with Crippen molar-refractivity contribution in [2.75, 3.05) is 18.4 Å². The maximum Gasteiger partial charge on any atom is 0.410 e. The number of carbonyl (C=O) groups excluding carboxylic acids is 1. The Hall–Kier alpha value is -2.91. The number of fused-ring (bicyclic) bond motifs is 1. The molecule has 27 heavy (non-hydrogen) atoms. The number of carboxylic acid groups (broad SMARTS) is 1. The van der Waals surface area contributed by atoms with E-state index in [4.69, 9.17) is 4.74 Å². The molecule has 0 saturated carbocycles. The van der Waals surface area contributed by atoms with Gasteiger partial charge in [-0.2, -0.15) is 0 Å². The minimum absolute atomic E-state index is 0.0318. The van der Waals surface area contributed by atoms with Gasteiger partial charge in [0.15, 0.2) is 17.0 Å². The van der Waals surface area contributed by atoms with Crippen molar-refractivity contribution in [2.45, 2.75) is 52.3 Å². The molecule has 1 unspecified atom stereocenters. The van der Waals surface area contributed by atoms with Crippen LogP contribution in [-0.4, -0.2) is 66.3 Å². The van der Waals surface area contributed by atoms with Gasteiger partial charge in [-0.15, -0.1) is 0 Å². The molecule has 10 heteroatoms. The first kappa shape index (κ1) is 18.9. The van der Waals surface area contributed by atoms with E-state index in [1.165, 1.54) is 10.9 Å². The van der Waals surface area contributed by atoms with Crippen LogP contribution in [-0.2, 0) is 11.3 Å². The number of aromatic nitrogens is 4. The number of hydrogen-bond acceptors (Lipinski definition) is 7. The van der Waals surface area contributed by atoms with Crippen LogP contribution in [0.15, 0.2) is 6.33 Å². The van der Waals surface area contributed by atoms with Crippen LogP contribution in [0.2, 0.25) is 0 Å². The molecule has 0 spiro atoms. The molecule has 2 aromatic rings. The third-order valence-corrected chi connectivity index (χ3v) is 4.22. The van der Waals surface area contributed by atoms with Gasteiger partial charge < -0.3 is 24.6 Å². The molecule has 146 valence electrons. The molecule has 3 rings (SSSR count). The third kappa shape index (κ3) is 3.93. The standard InChI is InChI=1S/C17H24N6O4/c1-5-23-13-11(21-14(23)15(24)25)12(18-9-19-13)20-10-6-7-22(8-10)16(26)27-17(2,3)4/h9-10H,5-8H2,1-4H3,(H,24,25)(H,18,19,20). The number of imidazole rings is 1. The van der Waals surface area contributed by atoms with Crippen molar-refractivity contribution in [3.05, 3.63) is 12.2 Å². The number of aromatic carboxylic acids is 1. The minimum Gasteiger partial charge on any atom is -0.475 e. The van der Waals surface area contributed by atoms with Crippen LogP contribution >= 0.6 is 0 Å². The van der Waals surface area contributed by atoms with Crippen molar-refractivity contribution >= 4 is 29.0 Å². The summed E-state index contributed by atoms with van der Waals surface area (Å²) in [5.74, 6) is -0.721. The lowest BCUT2D eigenvalue weighted by Crippen LogP contribution is -2.36. The van der Waals surface area contributed by atoms with Crippen LogP contribution in [0, 0.1) is 0 Å². The number of aryl methyl sites for hydroxylation is 1. The Morgan fingerprint density at radius 3 is 2.74 bits per heavy atom. The predicted octanol–water partition coefficient (Wildman–Crippen LogP) is 1.97. The van der Waals surface area contributed by atoms with E-state index >= 15 is 0 Å². The van der Waals surface area contributed by atoms with E-state index in [9.17, 15) is 14.7 Å². The van der Waals surface area contributed by atoms with Gasteiger partial charge in [0.2, 0.25) is 5.82 Å². The minimum atomic E-state index is -1.11. The molecule has 1 atom stereocenters. The number of hydrogen-bond donors (Lipinski definition) is 2. The fraction of sp³-hybridized carbons (Fsp3) is 0.588. The lowest BCUT2D eigenvalue weighted by atomic mass is 10.2. The van der Waals surface area contributed by atoms with Gasteiger partial charge >= 0.3 is 12.1 Å². The lowest BCUT2D eigenvalue weighted by Gasteiger charge is -2.24. The van der Waals surface area contributed by atoms with E-state index in [0.717, 1.165) is 6.42 Å². The number of amides is 1. The summed E-state index contributed by atoms with van der Waals surface area (Å²) in [6.45, 7) is 8.81. The van der Waals surface area contributed by atoms with Crippen molar-refractivity contribution in [2.24, 2.45) is 0 Å². The van der Waals surface area contributed by atoms with Crippen LogP contribution in [0.1, 0.15) is 44.7 Å². The second kappa shape index (κ2) is 7.01. The molecule has 1 aliphatic rings. The van der Waals surface area contributed by atoms with Crippen molar-refractivity contribution in [3.63, 3.8) is 0 Å². The Balaban J connectivity index is 1.78. The summed E-state index contributed by atoms with van der Waals surface area (Å²) in [7, 11) is 0. The fourth-order valence-electron chi connectivity index (χ4n) is 3.07. The zero-order chi connectivity index (χ0) is 19.8. The predicted molar refractivity (Wildman–Crippen MR) is 97.8 cm³/mol. The first-order valence-electron chi connectivity index (χ1n) is 8.88. The second-order valence-corrected chi connectivity index (χ2v) is 7.44. The number of carboxylic acids is 1. The molecule has 2 aromatic heterocycles. The lowest BCUT2D eigenvalue weighted by molar-refractivity contribution is 0.0293. The van der Waals surface area contributed by atoms with Crippen molar-refractivity contribution < 1.29 is 19.4 Å². The van der Waals surface area contributed by atoms with Crippen LogP contribution in [0.3, 0.4) is 0 Å². The summed E-state index contributed by atoms with van der Waals surface area (Å²) in [6.07, 6.45) is 1.76. The molecule has 0 aromatic carbocycles. The zero-order valence-corrected chi connectivity index (χ0v) is 15.9. The van der Waals surface area contributed by atoms with Crippen molar-refractivity contribution in [1.82, 2.24) is 24.4 Å². The Bertz CT molecular complexity index is 872. The Morgan fingerprint density at radius 2 is 2.11 bits per heavy atom. The summed E-state index contributed by atoms with van der Waals surface area (Å²) >= 11 is 0. The molecule has 1 fully saturated rings. The van der Waals surface area contributed by atoms with E-state index in [-0.39, 0.29) is 18.0 Å². The number of anilines is 1. The number of likely N-dealkylation sites (tertiary alicyclic amines) is 1. The van der Waals surface area contributed by atoms with Gasteiger partial charge in [0, 0.05) is 25.7 Å². The molecule has 0 radical (unpaired) electrons. The number of carbonyl (C=O) groups is 2.